The normalized spacial score (nSPS) is 12.2. The van der Waals surface area contributed by atoms with E-state index in [0.717, 1.165) is 61.0 Å². The van der Waals surface area contributed by atoms with E-state index in [1.807, 2.05) is 0 Å². The summed E-state index contributed by atoms with van der Waals surface area (Å²) in [5.74, 6) is 0.817. The van der Waals surface area contributed by atoms with Crippen LogP contribution in [0, 0.1) is 0 Å². The van der Waals surface area contributed by atoms with Gasteiger partial charge in [0.05, 0.1) is 38.6 Å². The van der Waals surface area contributed by atoms with Crippen LogP contribution in [0.4, 0.5) is 0 Å². The van der Waals surface area contributed by atoms with Gasteiger partial charge in [-0.05, 0) is 52.2 Å². The molecule has 0 amide bonds. The Bertz CT molecular complexity index is 3410. The number of hydrogen-bond acceptors (Lipinski definition) is 2. The predicted molar refractivity (Wildman–Crippen MR) is 217 cm³/mol. The molecule has 12 rings (SSSR count). The first-order valence-corrected chi connectivity index (χ1v) is 17.8. The van der Waals surface area contributed by atoms with E-state index in [1.54, 1.807) is 0 Å². The molecule has 0 saturated carbocycles. The van der Waals surface area contributed by atoms with Gasteiger partial charge in [0, 0.05) is 37.9 Å². The Morgan fingerprint density at radius 1 is 0.385 bits per heavy atom. The van der Waals surface area contributed by atoms with Gasteiger partial charge in [-0.3, -0.25) is 4.57 Å². The minimum absolute atomic E-state index is 0.817. The number of para-hydroxylation sites is 2. The molecule has 240 valence electrons. The van der Waals surface area contributed by atoms with Crippen LogP contribution in [0.3, 0.4) is 0 Å². The van der Waals surface area contributed by atoms with Gasteiger partial charge in [-0.25, -0.2) is 9.97 Å². The molecule has 0 aliphatic carbocycles. The quantitative estimate of drug-likeness (QED) is 0.177. The molecule has 4 heterocycles. The van der Waals surface area contributed by atoms with E-state index in [1.165, 1.54) is 48.9 Å². The molecule has 0 N–H and O–H groups in total. The Balaban J connectivity index is 1.30. The molecule has 0 unspecified atom stereocenters. The predicted octanol–water partition coefficient (Wildman–Crippen LogP) is 12.4. The fourth-order valence-electron chi connectivity index (χ4n) is 8.89. The number of rotatable bonds is 3. The van der Waals surface area contributed by atoms with E-state index in [2.05, 4.69) is 179 Å². The fourth-order valence-corrected chi connectivity index (χ4v) is 8.89. The summed E-state index contributed by atoms with van der Waals surface area (Å²) < 4.78 is 4.85. The van der Waals surface area contributed by atoms with E-state index in [0.29, 0.717) is 0 Å². The molecule has 8 aromatic carbocycles. The molecular weight excluding hydrogens is 633 g/mol. The Hall–Kier alpha value is -7.04. The van der Waals surface area contributed by atoms with Crippen LogP contribution in [0.5, 0.6) is 0 Å². The van der Waals surface area contributed by atoms with Crippen molar-refractivity contribution < 1.29 is 0 Å². The number of benzene rings is 8. The van der Waals surface area contributed by atoms with Crippen LogP contribution in [-0.4, -0.2) is 18.9 Å². The molecule has 52 heavy (non-hydrogen) atoms. The number of nitrogens with zero attached hydrogens (tertiary/aromatic N) is 4. The first-order valence-electron chi connectivity index (χ1n) is 17.8. The Kier molecular flexibility index (Phi) is 5.47. The second-order valence-corrected chi connectivity index (χ2v) is 13.7. The fraction of sp³-hybridized carbons (Fsp3) is 0. The highest BCUT2D eigenvalue weighted by Crippen LogP contribution is 2.45. The third-order valence-corrected chi connectivity index (χ3v) is 11.0. The minimum atomic E-state index is 0.817. The molecule has 0 aliphatic rings. The lowest BCUT2D eigenvalue weighted by atomic mass is 9.97. The molecule has 0 fully saturated rings. The lowest BCUT2D eigenvalue weighted by Gasteiger charge is -2.17. The molecule has 4 aromatic heterocycles. The van der Waals surface area contributed by atoms with Crippen molar-refractivity contribution >= 4 is 81.7 Å². The van der Waals surface area contributed by atoms with Gasteiger partial charge in [0.2, 0.25) is 0 Å². The van der Waals surface area contributed by atoms with Crippen molar-refractivity contribution in [2.45, 2.75) is 0 Å². The number of aromatic nitrogens is 4. The molecular formula is C48H28N4. The van der Waals surface area contributed by atoms with E-state index < -0.39 is 0 Å². The molecule has 0 radical (unpaired) electrons. The van der Waals surface area contributed by atoms with Gasteiger partial charge < -0.3 is 4.40 Å². The summed E-state index contributed by atoms with van der Waals surface area (Å²) >= 11 is 0. The van der Waals surface area contributed by atoms with Crippen LogP contribution in [0.15, 0.2) is 170 Å². The highest BCUT2D eigenvalue weighted by molar-refractivity contribution is 6.31. The summed E-state index contributed by atoms with van der Waals surface area (Å²) in [7, 11) is 0. The summed E-state index contributed by atoms with van der Waals surface area (Å²) in [6, 6.07) is 61.0. The third-order valence-electron chi connectivity index (χ3n) is 11.0. The van der Waals surface area contributed by atoms with Crippen LogP contribution < -0.4 is 0 Å². The first-order chi connectivity index (χ1) is 25.8. The maximum absolute atomic E-state index is 5.62. The lowest BCUT2D eigenvalue weighted by Crippen LogP contribution is -2.04. The molecule has 4 nitrogen and oxygen atoms in total. The van der Waals surface area contributed by atoms with E-state index in [4.69, 9.17) is 9.97 Å². The second kappa shape index (κ2) is 10.3. The second-order valence-electron chi connectivity index (χ2n) is 13.7. The highest BCUT2D eigenvalue weighted by atomic mass is 15.1. The zero-order valence-electron chi connectivity index (χ0n) is 28.0. The monoisotopic (exact) mass is 660 g/mol. The van der Waals surface area contributed by atoms with Gasteiger partial charge in [-0.1, -0.05) is 140 Å². The topological polar surface area (TPSA) is 35.1 Å². The van der Waals surface area contributed by atoms with Crippen LogP contribution in [0.2, 0.25) is 0 Å². The van der Waals surface area contributed by atoms with Crippen LogP contribution >= 0.6 is 0 Å². The van der Waals surface area contributed by atoms with Gasteiger partial charge >= 0.3 is 0 Å². The van der Waals surface area contributed by atoms with Crippen molar-refractivity contribution in [3.8, 4) is 28.2 Å². The van der Waals surface area contributed by atoms with Crippen molar-refractivity contribution in [3.05, 3.63) is 170 Å². The van der Waals surface area contributed by atoms with Crippen molar-refractivity contribution in [1.82, 2.24) is 18.9 Å². The van der Waals surface area contributed by atoms with Crippen molar-refractivity contribution in [3.63, 3.8) is 0 Å². The maximum atomic E-state index is 5.62. The number of hydrogen-bond donors (Lipinski definition) is 0. The van der Waals surface area contributed by atoms with Crippen molar-refractivity contribution in [1.29, 1.82) is 0 Å². The summed E-state index contributed by atoms with van der Waals surface area (Å²) in [5.41, 5.74) is 11.8. The number of fused-ring (bicyclic) bond motifs is 8. The minimum Gasteiger partial charge on any atom is -0.308 e. The summed E-state index contributed by atoms with van der Waals surface area (Å²) in [6.45, 7) is 0. The zero-order valence-corrected chi connectivity index (χ0v) is 28.0. The maximum Gasteiger partial charge on any atom is 0.165 e. The van der Waals surface area contributed by atoms with Crippen LogP contribution in [0.25, 0.3) is 110 Å². The van der Waals surface area contributed by atoms with Gasteiger partial charge in [0.25, 0.3) is 0 Å². The van der Waals surface area contributed by atoms with Crippen molar-refractivity contribution in [2.75, 3.05) is 0 Å². The molecule has 0 aliphatic heterocycles. The summed E-state index contributed by atoms with van der Waals surface area (Å²) in [4.78, 5) is 11.2. The first kappa shape index (κ1) is 27.7. The third kappa shape index (κ3) is 3.60. The lowest BCUT2D eigenvalue weighted by molar-refractivity contribution is 1.08. The smallest absolute Gasteiger partial charge is 0.165 e. The molecule has 4 heteroatoms. The SMILES string of the molecule is c1ccc(-c2ccccc2-c2nc3c(ccc4ccccc43)nc2-n2c3cccc4c5cccc6c7ccccc7n(c7cccc2c7c43)c56)cc1. The molecule has 0 saturated heterocycles. The summed E-state index contributed by atoms with van der Waals surface area (Å²) in [5, 5.41) is 9.69. The molecule has 0 atom stereocenters. The largest absolute Gasteiger partial charge is 0.308 e. The Labute approximate surface area is 297 Å². The average molecular weight is 661 g/mol. The van der Waals surface area contributed by atoms with Gasteiger partial charge in [-0.2, -0.15) is 0 Å². The summed E-state index contributed by atoms with van der Waals surface area (Å²) in [6.07, 6.45) is 0. The average Bonchev–Trinajstić information content (AvgIpc) is 3.69. The zero-order chi connectivity index (χ0) is 33.9. The van der Waals surface area contributed by atoms with Gasteiger partial charge in [0.1, 0.15) is 5.69 Å². The highest BCUT2D eigenvalue weighted by Gasteiger charge is 2.25. The van der Waals surface area contributed by atoms with Crippen LogP contribution in [-0.2, 0) is 0 Å². The molecule has 0 spiro atoms. The molecule has 12 aromatic rings. The van der Waals surface area contributed by atoms with E-state index >= 15 is 0 Å². The Morgan fingerprint density at radius 3 is 1.88 bits per heavy atom. The Morgan fingerprint density at radius 2 is 1.00 bits per heavy atom. The van der Waals surface area contributed by atoms with Gasteiger partial charge in [-0.15, -0.1) is 0 Å². The van der Waals surface area contributed by atoms with Crippen molar-refractivity contribution in [2.24, 2.45) is 0 Å². The van der Waals surface area contributed by atoms with Crippen LogP contribution in [0.1, 0.15) is 0 Å². The van der Waals surface area contributed by atoms with Gasteiger partial charge in [0.15, 0.2) is 5.82 Å². The van der Waals surface area contributed by atoms with E-state index in [-0.39, 0.29) is 0 Å². The van der Waals surface area contributed by atoms with E-state index in [9.17, 15) is 0 Å². The molecule has 0 bridgehead atoms. The standard InChI is InChI=1S/C48H28N4/c1-2-13-29(14-3-1)31-16-6-7-19-35(31)46-48(49-38-28-27-30-15-4-5-17-32(30)45(38)50-46)52-40-24-11-20-34-37-22-10-21-36-33-18-8-9-23-39(33)51(47(36)37)41-25-12-26-42(52)44(41)43(34)40/h1-28H.